The van der Waals surface area contributed by atoms with Crippen molar-refractivity contribution >= 4 is 5.91 Å². The van der Waals surface area contributed by atoms with Gasteiger partial charge in [-0.05, 0) is 25.1 Å². The van der Waals surface area contributed by atoms with E-state index in [0.29, 0.717) is 0 Å². The molecule has 1 heterocycles. The number of rotatable bonds is 4. The molecule has 1 aromatic heterocycles. The Labute approximate surface area is 124 Å². The Morgan fingerprint density at radius 3 is 2.82 bits per heavy atom. The van der Waals surface area contributed by atoms with Crippen LogP contribution < -0.4 is 11.1 Å². The Bertz CT molecular complexity index is 668. The molecule has 3 N–H and O–H groups in total. The fourth-order valence-electron chi connectivity index (χ4n) is 1.68. The maximum Gasteiger partial charge on any atom is 0.416 e. The summed E-state index contributed by atoms with van der Waals surface area (Å²) in [7, 11) is 0. The van der Waals surface area contributed by atoms with Gasteiger partial charge in [-0.15, -0.1) is 5.10 Å². The number of alkyl halides is 3. The molecule has 0 unspecified atom stereocenters. The number of nitrogens with one attached hydrogen (secondary N) is 1. The third-order valence-corrected chi connectivity index (χ3v) is 2.90. The Kier molecular flexibility index (Phi) is 4.45. The normalized spacial score (nSPS) is 13.0. The molecule has 0 radical (unpaired) electrons. The van der Waals surface area contributed by atoms with Crippen molar-refractivity contribution in [3.63, 3.8) is 0 Å². The van der Waals surface area contributed by atoms with Gasteiger partial charge < -0.3 is 11.1 Å². The van der Waals surface area contributed by atoms with Crippen LogP contribution in [0.4, 0.5) is 13.2 Å². The van der Waals surface area contributed by atoms with Gasteiger partial charge in [0, 0.05) is 12.6 Å². The Morgan fingerprint density at radius 1 is 1.45 bits per heavy atom. The number of benzene rings is 1. The molecular weight excluding hydrogens is 299 g/mol. The largest absolute Gasteiger partial charge is 0.416 e. The summed E-state index contributed by atoms with van der Waals surface area (Å²) in [4.78, 5) is 11.8. The highest BCUT2D eigenvalue weighted by Gasteiger charge is 2.30. The summed E-state index contributed by atoms with van der Waals surface area (Å²) in [5.74, 6) is -0.490. The average molecular weight is 313 g/mol. The molecule has 0 aliphatic rings. The van der Waals surface area contributed by atoms with E-state index in [9.17, 15) is 18.0 Å². The van der Waals surface area contributed by atoms with E-state index in [2.05, 4.69) is 15.6 Å². The minimum Gasteiger partial charge on any atom is -0.347 e. The van der Waals surface area contributed by atoms with Crippen LogP contribution >= 0.6 is 0 Å². The molecule has 0 saturated carbocycles. The van der Waals surface area contributed by atoms with E-state index in [1.165, 1.54) is 18.3 Å². The monoisotopic (exact) mass is 313 g/mol. The lowest BCUT2D eigenvalue weighted by Crippen LogP contribution is -2.37. The maximum atomic E-state index is 12.7. The minimum absolute atomic E-state index is 0.00212. The van der Waals surface area contributed by atoms with E-state index in [1.54, 1.807) is 6.92 Å². The smallest absolute Gasteiger partial charge is 0.347 e. The number of hydrogen-bond acceptors (Lipinski definition) is 4. The van der Waals surface area contributed by atoms with Crippen LogP contribution in [0.3, 0.4) is 0 Å². The molecule has 1 atom stereocenters. The molecule has 22 heavy (non-hydrogen) atoms. The van der Waals surface area contributed by atoms with Gasteiger partial charge in [-0.1, -0.05) is 11.3 Å². The second kappa shape index (κ2) is 6.14. The van der Waals surface area contributed by atoms with E-state index < -0.39 is 17.6 Å². The van der Waals surface area contributed by atoms with Gasteiger partial charge in [0.15, 0.2) is 5.69 Å². The van der Waals surface area contributed by atoms with E-state index in [1.807, 2.05) is 0 Å². The number of carbonyl (C=O) groups excluding carboxylic acids is 1. The number of nitrogens with two attached hydrogens (primary N) is 1. The fourth-order valence-corrected chi connectivity index (χ4v) is 1.68. The molecule has 9 heteroatoms. The summed E-state index contributed by atoms with van der Waals surface area (Å²) in [6.45, 7) is 1.97. The van der Waals surface area contributed by atoms with Crippen LogP contribution in [0.15, 0.2) is 30.5 Å². The van der Waals surface area contributed by atoms with E-state index in [0.717, 1.165) is 16.8 Å². The third-order valence-electron chi connectivity index (χ3n) is 2.90. The zero-order valence-electron chi connectivity index (χ0n) is 11.6. The van der Waals surface area contributed by atoms with Gasteiger partial charge in [0.05, 0.1) is 17.4 Å². The van der Waals surface area contributed by atoms with Crippen molar-refractivity contribution in [3.8, 4) is 5.69 Å². The zero-order valence-corrected chi connectivity index (χ0v) is 11.6. The van der Waals surface area contributed by atoms with Crippen LogP contribution in [0.25, 0.3) is 5.69 Å². The molecule has 2 rings (SSSR count). The predicted octanol–water partition coefficient (Wildman–Crippen LogP) is 1.36. The van der Waals surface area contributed by atoms with E-state index in [4.69, 9.17) is 5.73 Å². The zero-order chi connectivity index (χ0) is 16.3. The van der Waals surface area contributed by atoms with Gasteiger partial charge in [-0.2, -0.15) is 13.2 Å². The first-order chi connectivity index (χ1) is 10.3. The number of aromatic nitrogens is 3. The lowest BCUT2D eigenvalue weighted by molar-refractivity contribution is -0.137. The topological polar surface area (TPSA) is 85.8 Å². The standard InChI is InChI=1S/C13H14F3N5O/c1-8(6-17)18-12(22)11-7-21(20-19-11)10-4-2-3-9(5-10)13(14,15)16/h2-5,7-8H,6,17H2,1H3,(H,18,22)/t8-/m0/s1. The number of halogens is 3. The second-order valence-electron chi connectivity index (χ2n) is 4.71. The number of carbonyl (C=O) groups is 1. The van der Waals surface area contributed by atoms with Gasteiger partial charge >= 0.3 is 6.18 Å². The molecule has 1 amide bonds. The van der Waals surface area contributed by atoms with Gasteiger partial charge in [-0.3, -0.25) is 4.79 Å². The predicted molar refractivity (Wildman–Crippen MR) is 72.3 cm³/mol. The highest BCUT2D eigenvalue weighted by Crippen LogP contribution is 2.30. The molecular formula is C13H14F3N5O. The fraction of sp³-hybridized carbons (Fsp3) is 0.308. The summed E-state index contributed by atoms with van der Waals surface area (Å²) < 4.78 is 39.1. The van der Waals surface area contributed by atoms with Crippen molar-refractivity contribution in [3.05, 3.63) is 41.7 Å². The second-order valence-corrected chi connectivity index (χ2v) is 4.71. The lowest BCUT2D eigenvalue weighted by atomic mass is 10.2. The highest BCUT2D eigenvalue weighted by atomic mass is 19.4. The quantitative estimate of drug-likeness (QED) is 0.892. The average Bonchev–Trinajstić information content (AvgIpc) is 2.96. The summed E-state index contributed by atoms with van der Waals surface area (Å²) in [5.41, 5.74) is 4.75. The summed E-state index contributed by atoms with van der Waals surface area (Å²) >= 11 is 0. The first-order valence-corrected chi connectivity index (χ1v) is 6.42. The van der Waals surface area contributed by atoms with Gasteiger partial charge in [0.1, 0.15) is 0 Å². The van der Waals surface area contributed by atoms with Crippen molar-refractivity contribution in [2.45, 2.75) is 19.1 Å². The summed E-state index contributed by atoms with van der Waals surface area (Å²) in [6.07, 6.45) is -3.19. The molecule has 1 aromatic carbocycles. The Morgan fingerprint density at radius 2 is 2.18 bits per heavy atom. The van der Waals surface area contributed by atoms with Crippen LogP contribution in [-0.2, 0) is 6.18 Å². The first-order valence-electron chi connectivity index (χ1n) is 6.42. The highest BCUT2D eigenvalue weighted by molar-refractivity contribution is 5.92. The minimum atomic E-state index is -4.45. The molecule has 0 aliphatic heterocycles. The summed E-state index contributed by atoms with van der Waals surface area (Å²) in [5, 5.41) is 9.91. The number of hydrogen-bond donors (Lipinski definition) is 2. The van der Waals surface area contributed by atoms with Crippen LogP contribution in [0.2, 0.25) is 0 Å². The van der Waals surface area contributed by atoms with Crippen LogP contribution in [0, 0.1) is 0 Å². The molecule has 6 nitrogen and oxygen atoms in total. The molecule has 0 aliphatic carbocycles. The SMILES string of the molecule is C[C@@H](CN)NC(=O)c1cn(-c2cccc(C(F)(F)F)c2)nn1. The van der Waals surface area contributed by atoms with E-state index >= 15 is 0 Å². The molecule has 118 valence electrons. The van der Waals surface area contributed by atoms with Gasteiger partial charge in [0.25, 0.3) is 5.91 Å². The molecule has 0 bridgehead atoms. The molecule has 0 fully saturated rings. The van der Waals surface area contributed by atoms with Gasteiger partial charge in [-0.25, -0.2) is 4.68 Å². The first kappa shape index (κ1) is 16.0. The van der Waals surface area contributed by atoms with Crippen molar-refractivity contribution in [1.82, 2.24) is 20.3 Å². The Balaban J connectivity index is 2.23. The van der Waals surface area contributed by atoms with Crippen molar-refractivity contribution in [1.29, 1.82) is 0 Å². The van der Waals surface area contributed by atoms with E-state index in [-0.39, 0.29) is 24.0 Å². The Hall–Kier alpha value is -2.42. The van der Waals surface area contributed by atoms with Crippen molar-refractivity contribution < 1.29 is 18.0 Å². The number of nitrogens with zero attached hydrogens (tertiary/aromatic N) is 3. The summed E-state index contributed by atoms with van der Waals surface area (Å²) in [6, 6.07) is 4.34. The van der Waals surface area contributed by atoms with Crippen LogP contribution in [0.1, 0.15) is 23.0 Å². The third kappa shape index (κ3) is 3.61. The molecule has 2 aromatic rings. The van der Waals surface area contributed by atoms with Gasteiger partial charge in [0.2, 0.25) is 0 Å². The van der Waals surface area contributed by atoms with Crippen LogP contribution in [-0.4, -0.2) is 33.5 Å². The molecule has 0 spiro atoms. The van der Waals surface area contributed by atoms with Crippen LogP contribution in [0.5, 0.6) is 0 Å². The van der Waals surface area contributed by atoms with Crippen molar-refractivity contribution in [2.75, 3.05) is 6.54 Å². The van der Waals surface area contributed by atoms with Crippen molar-refractivity contribution in [2.24, 2.45) is 5.73 Å². The molecule has 0 saturated heterocycles. The lowest BCUT2D eigenvalue weighted by Gasteiger charge is -2.09. The maximum absolute atomic E-state index is 12.7. The number of amides is 1.